The number of nitrogens with zero attached hydrogens (tertiary/aromatic N) is 2. The summed E-state index contributed by atoms with van der Waals surface area (Å²) in [5.41, 5.74) is 0.661. The van der Waals surface area contributed by atoms with E-state index in [0.29, 0.717) is 22.5 Å². The summed E-state index contributed by atoms with van der Waals surface area (Å²) in [6.07, 6.45) is 0.863. The molecular formula is C17H14N2O3S. The second-order valence-electron chi connectivity index (χ2n) is 4.69. The van der Waals surface area contributed by atoms with Crippen LogP contribution >= 0.6 is 11.8 Å². The molecule has 1 aromatic heterocycles. The minimum atomic E-state index is 0.439. The van der Waals surface area contributed by atoms with Gasteiger partial charge in [0.05, 0.1) is 20.3 Å². The van der Waals surface area contributed by atoms with Crippen LogP contribution in [-0.4, -0.2) is 30.5 Å². The van der Waals surface area contributed by atoms with E-state index in [1.807, 2.05) is 30.3 Å². The predicted molar refractivity (Wildman–Crippen MR) is 88.6 cm³/mol. The number of hydrogen-bond donors (Lipinski definition) is 0. The number of ether oxygens (including phenoxy) is 2. The lowest BCUT2D eigenvalue weighted by Crippen LogP contribution is -1.96. The quantitative estimate of drug-likeness (QED) is 0.527. The van der Waals surface area contributed by atoms with Crippen LogP contribution in [0.2, 0.25) is 0 Å². The van der Waals surface area contributed by atoms with Crippen LogP contribution in [0, 0.1) is 0 Å². The third-order valence-corrected chi connectivity index (χ3v) is 4.16. The van der Waals surface area contributed by atoms with Gasteiger partial charge in [-0.25, -0.2) is 0 Å². The third kappa shape index (κ3) is 3.27. The molecule has 0 atom stereocenters. The van der Waals surface area contributed by atoms with Gasteiger partial charge in [0.25, 0.3) is 0 Å². The molecule has 0 aliphatic rings. The van der Waals surface area contributed by atoms with Crippen LogP contribution in [0.4, 0.5) is 0 Å². The number of benzene rings is 2. The molecule has 0 saturated heterocycles. The van der Waals surface area contributed by atoms with Crippen molar-refractivity contribution in [1.29, 1.82) is 0 Å². The zero-order valence-electron chi connectivity index (χ0n) is 12.6. The summed E-state index contributed by atoms with van der Waals surface area (Å²) in [4.78, 5) is 20.7. The van der Waals surface area contributed by atoms with Gasteiger partial charge in [-0.15, -0.1) is 0 Å². The number of carbonyl (C=O) groups is 1. The predicted octanol–water partition coefficient (Wildman–Crippen LogP) is 3.61. The Morgan fingerprint density at radius 2 is 1.74 bits per heavy atom. The molecule has 0 N–H and O–H groups in total. The van der Waals surface area contributed by atoms with E-state index in [9.17, 15) is 4.79 Å². The first kappa shape index (κ1) is 15.3. The normalized spacial score (nSPS) is 10.5. The molecule has 3 aromatic rings. The van der Waals surface area contributed by atoms with Crippen molar-refractivity contribution >= 4 is 28.8 Å². The summed E-state index contributed by atoms with van der Waals surface area (Å²) in [5.74, 6) is 0.877. The van der Waals surface area contributed by atoms with Gasteiger partial charge in [0, 0.05) is 10.5 Å². The smallest absolute Gasteiger partial charge is 0.220 e. The molecule has 0 unspecified atom stereocenters. The largest absolute Gasteiger partial charge is 0.481 e. The maximum Gasteiger partial charge on any atom is 0.220 e. The summed E-state index contributed by atoms with van der Waals surface area (Å²) < 4.78 is 10.3. The Morgan fingerprint density at radius 3 is 2.39 bits per heavy atom. The molecule has 0 fully saturated rings. The highest BCUT2D eigenvalue weighted by Gasteiger charge is 2.08. The van der Waals surface area contributed by atoms with E-state index in [2.05, 4.69) is 9.97 Å². The van der Waals surface area contributed by atoms with Crippen molar-refractivity contribution in [1.82, 2.24) is 9.97 Å². The van der Waals surface area contributed by atoms with Crippen molar-refractivity contribution in [3.05, 3.63) is 48.0 Å². The topological polar surface area (TPSA) is 61.3 Å². The highest BCUT2D eigenvalue weighted by atomic mass is 32.2. The maximum absolute atomic E-state index is 11.2. The number of fused-ring (bicyclic) bond motifs is 1. The van der Waals surface area contributed by atoms with E-state index in [1.54, 1.807) is 26.4 Å². The van der Waals surface area contributed by atoms with Gasteiger partial charge < -0.3 is 9.47 Å². The molecule has 0 spiro atoms. The van der Waals surface area contributed by atoms with Gasteiger partial charge in [-0.05, 0) is 34.7 Å². The number of hydrogen-bond acceptors (Lipinski definition) is 6. The molecule has 23 heavy (non-hydrogen) atoms. The fourth-order valence-corrected chi connectivity index (χ4v) is 2.98. The monoisotopic (exact) mass is 326 g/mol. The molecule has 1 heterocycles. The van der Waals surface area contributed by atoms with E-state index in [0.717, 1.165) is 22.0 Å². The zero-order chi connectivity index (χ0) is 16.2. The van der Waals surface area contributed by atoms with Gasteiger partial charge in [0.1, 0.15) is 0 Å². The number of rotatable bonds is 5. The zero-order valence-corrected chi connectivity index (χ0v) is 13.5. The number of aldehydes is 1. The molecule has 0 saturated carbocycles. The van der Waals surface area contributed by atoms with E-state index in [4.69, 9.17) is 9.47 Å². The van der Waals surface area contributed by atoms with E-state index in [1.165, 1.54) is 11.8 Å². The average molecular weight is 326 g/mol. The van der Waals surface area contributed by atoms with Crippen LogP contribution in [0.15, 0.2) is 52.5 Å². The van der Waals surface area contributed by atoms with Crippen LogP contribution in [-0.2, 0) is 0 Å². The van der Waals surface area contributed by atoms with Crippen LogP contribution < -0.4 is 9.47 Å². The van der Waals surface area contributed by atoms with Gasteiger partial charge in [0.2, 0.25) is 11.8 Å². The first-order valence-corrected chi connectivity index (χ1v) is 7.68. The van der Waals surface area contributed by atoms with Crippen LogP contribution in [0.1, 0.15) is 10.4 Å². The van der Waals surface area contributed by atoms with Gasteiger partial charge >= 0.3 is 0 Å². The summed E-state index contributed by atoms with van der Waals surface area (Å²) >= 11 is 1.38. The summed E-state index contributed by atoms with van der Waals surface area (Å²) in [5, 5.41) is 2.44. The molecule has 2 aromatic carbocycles. The second-order valence-corrected chi connectivity index (χ2v) is 5.73. The molecule has 0 amide bonds. The minimum absolute atomic E-state index is 0.439. The third-order valence-electron chi connectivity index (χ3n) is 3.30. The van der Waals surface area contributed by atoms with Crippen molar-refractivity contribution in [2.75, 3.05) is 14.2 Å². The van der Waals surface area contributed by atoms with Crippen LogP contribution in [0.5, 0.6) is 11.8 Å². The molecule has 0 bridgehead atoms. The Labute approximate surface area is 137 Å². The molecule has 0 aliphatic heterocycles. The Morgan fingerprint density at radius 1 is 1.00 bits per heavy atom. The van der Waals surface area contributed by atoms with Gasteiger partial charge in [-0.1, -0.05) is 24.3 Å². The van der Waals surface area contributed by atoms with E-state index < -0.39 is 0 Å². The number of methoxy groups -OCH3 is 2. The fraction of sp³-hybridized carbons (Fsp3) is 0.118. The lowest BCUT2D eigenvalue weighted by Gasteiger charge is -2.07. The molecule has 5 nitrogen and oxygen atoms in total. The Bertz CT molecular complexity index is 845. The Balaban J connectivity index is 2.00. The summed E-state index contributed by atoms with van der Waals surface area (Å²) in [7, 11) is 3.09. The maximum atomic E-state index is 11.2. The Hall–Kier alpha value is -2.60. The molecule has 3 rings (SSSR count). The van der Waals surface area contributed by atoms with Crippen molar-refractivity contribution in [3.8, 4) is 11.8 Å². The number of carbonyl (C=O) groups excluding carboxylic acids is 1. The van der Waals surface area contributed by atoms with Crippen molar-refractivity contribution in [2.24, 2.45) is 0 Å². The number of aromatic nitrogens is 2. The summed E-state index contributed by atoms with van der Waals surface area (Å²) in [6, 6.07) is 13.2. The fourth-order valence-electron chi connectivity index (χ4n) is 2.19. The molecule has 0 aliphatic carbocycles. The van der Waals surface area contributed by atoms with Crippen molar-refractivity contribution < 1.29 is 14.3 Å². The van der Waals surface area contributed by atoms with Crippen molar-refractivity contribution in [2.45, 2.75) is 10.1 Å². The first-order valence-electron chi connectivity index (χ1n) is 6.86. The highest BCUT2D eigenvalue weighted by Crippen LogP contribution is 2.31. The van der Waals surface area contributed by atoms with E-state index >= 15 is 0 Å². The van der Waals surface area contributed by atoms with Crippen LogP contribution in [0.25, 0.3) is 10.8 Å². The average Bonchev–Trinajstić information content (AvgIpc) is 2.60. The highest BCUT2D eigenvalue weighted by molar-refractivity contribution is 7.99. The van der Waals surface area contributed by atoms with Crippen molar-refractivity contribution in [3.63, 3.8) is 0 Å². The Kier molecular flexibility index (Phi) is 4.43. The lowest BCUT2D eigenvalue weighted by molar-refractivity contribution is 0.112. The van der Waals surface area contributed by atoms with E-state index in [-0.39, 0.29) is 0 Å². The minimum Gasteiger partial charge on any atom is -0.481 e. The standard InChI is InChI=1S/C17H14N2O3S/c1-21-15-9-16(22-2)19-17(18-15)23-13-7-6-11-4-3-5-12(10-20)14(11)8-13/h3-10H,1-2H3. The summed E-state index contributed by atoms with van der Waals surface area (Å²) in [6.45, 7) is 0. The molecule has 6 heteroatoms. The van der Waals surface area contributed by atoms with Gasteiger partial charge in [0.15, 0.2) is 11.4 Å². The van der Waals surface area contributed by atoms with Gasteiger partial charge in [-0.3, -0.25) is 4.79 Å². The second kappa shape index (κ2) is 6.66. The lowest BCUT2D eigenvalue weighted by atomic mass is 10.1. The SMILES string of the molecule is COc1cc(OC)nc(Sc2ccc3cccc(C=O)c3c2)n1. The molecule has 116 valence electrons. The van der Waals surface area contributed by atoms with Crippen LogP contribution in [0.3, 0.4) is 0 Å². The first-order chi connectivity index (χ1) is 11.2. The molecular weight excluding hydrogens is 312 g/mol. The van der Waals surface area contributed by atoms with Gasteiger partial charge in [-0.2, -0.15) is 9.97 Å². The molecule has 0 radical (unpaired) electrons.